The number of rotatable bonds is 5. The average molecular weight is 575 g/mol. The highest BCUT2D eigenvalue weighted by Gasteiger charge is 2.41. The number of carbonyl (C=O) groups excluding carboxylic acids is 2. The molecule has 0 atom stereocenters. The molecule has 4 aromatic heterocycles. The van der Waals surface area contributed by atoms with Crippen molar-refractivity contribution in [1.82, 2.24) is 29.2 Å². The number of amides is 2. The zero-order chi connectivity index (χ0) is 29.8. The van der Waals surface area contributed by atoms with Crippen LogP contribution in [-0.4, -0.2) is 72.0 Å². The molecule has 2 fully saturated rings. The molecule has 4 aromatic rings. The van der Waals surface area contributed by atoms with Crippen LogP contribution in [0.1, 0.15) is 68.2 Å². The minimum Gasteiger partial charge on any atom is -0.444 e. The van der Waals surface area contributed by atoms with Crippen LogP contribution >= 0.6 is 0 Å². The van der Waals surface area contributed by atoms with E-state index in [1.54, 1.807) is 16.8 Å². The Balaban J connectivity index is 1.21. The predicted octanol–water partition coefficient (Wildman–Crippen LogP) is 5.05. The van der Waals surface area contributed by atoms with Crippen molar-refractivity contribution >= 4 is 40.2 Å². The molecule has 1 aliphatic carbocycles. The molecule has 2 amide bonds. The highest BCUT2D eigenvalue weighted by molar-refractivity contribution is 6.12. The lowest BCUT2D eigenvalue weighted by Gasteiger charge is -2.39. The Bertz CT molecular complexity index is 1690. The van der Waals surface area contributed by atoms with Crippen molar-refractivity contribution < 1.29 is 18.7 Å². The van der Waals surface area contributed by atoms with Crippen molar-refractivity contribution in [2.75, 3.05) is 23.3 Å². The Morgan fingerprint density at radius 2 is 1.69 bits per heavy atom. The van der Waals surface area contributed by atoms with E-state index >= 15 is 0 Å². The largest absolute Gasteiger partial charge is 0.444 e. The molecule has 0 bridgehead atoms. The SMILES string of the molecule is Cc1nc2c(F)cc(NC(=O)c3cnc(N4CCC(N(C(=O)OC(C)(C)C)C5CC5)CC4)c4nccnc34)cn2c1C. The maximum atomic E-state index is 14.7. The molecule has 0 spiro atoms. The minimum atomic E-state index is -0.543. The van der Waals surface area contributed by atoms with E-state index < -0.39 is 17.3 Å². The lowest BCUT2D eigenvalue weighted by Crippen LogP contribution is -2.50. The Hall–Kier alpha value is -4.35. The fourth-order valence-electron chi connectivity index (χ4n) is 5.56. The van der Waals surface area contributed by atoms with Crippen LogP contribution in [0.5, 0.6) is 0 Å². The first-order valence-electron chi connectivity index (χ1n) is 14.3. The van der Waals surface area contributed by atoms with Gasteiger partial charge in [0.1, 0.15) is 16.6 Å². The maximum Gasteiger partial charge on any atom is 0.410 e. The number of fused-ring (bicyclic) bond motifs is 2. The molecular weight excluding hydrogens is 539 g/mol. The molecular formula is C30H35FN8O3. The van der Waals surface area contributed by atoms with E-state index in [4.69, 9.17) is 4.74 Å². The number of hydrogen-bond donors (Lipinski definition) is 1. The van der Waals surface area contributed by atoms with Crippen molar-refractivity contribution in [2.24, 2.45) is 0 Å². The molecule has 1 aliphatic heterocycles. The van der Waals surface area contributed by atoms with E-state index in [1.165, 1.54) is 18.5 Å². The maximum absolute atomic E-state index is 14.7. The molecule has 5 heterocycles. The van der Waals surface area contributed by atoms with Crippen LogP contribution < -0.4 is 10.2 Å². The van der Waals surface area contributed by atoms with Gasteiger partial charge in [-0.2, -0.15) is 0 Å². The molecule has 6 rings (SSSR count). The van der Waals surface area contributed by atoms with E-state index in [1.807, 2.05) is 39.5 Å². The number of halogens is 1. The molecule has 1 saturated heterocycles. The first-order valence-corrected chi connectivity index (χ1v) is 14.3. The third-order valence-electron chi connectivity index (χ3n) is 7.84. The molecule has 0 unspecified atom stereocenters. The standard InChI is InChI=1S/C30H35FN8O3/c1-17-18(2)38-16-19(14-23(31)26(38)35-17)36-28(40)22-15-34-27(25-24(22)32-10-11-33-25)37-12-8-21(9-13-37)39(20-6-7-20)29(41)42-30(3,4)5/h10-11,14-16,20-21H,6-9,12-13H2,1-5H3,(H,36,40). The van der Waals surface area contributed by atoms with Gasteiger partial charge in [0.2, 0.25) is 0 Å². The highest BCUT2D eigenvalue weighted by Crippen LogP contribution is 2.35. The summed E-state index contributed by atoms with van der Waals surface area (Å²) < 4.78 is 22.1. The average Bonchev–Trinajstić information content (AvgIpc) is 3.73. The first kappa shape index (κ1) is 27.8. The Labute approximate surface area is 243 Å². The van der Waals surface area contributed by atoms with Crippen molar-refractivity contribution in [3.63, 3.8) is 0 Å². The van der Waals surface area contributed by atoms with E-state index in [-0.39, 0.29) is 29.4 Å². The topological polar surface area (TPSA) is 118 Å². The van der Waals surface area contributed by atoms with Crippen LogP contribution in [0.4, 0.5) is 20.7 Å². The third-order valence-corrected chi connectivity index (χ3v) is 7.84. The Kier molecular flexibility index (Phi) is 6.94. The van der Waals surface area contributed by atoms with Crippen LogP contribution in [0, 0.1) is 19.7 Å². The number of pyridine rings is 2. The summed E-state index contributed by atoms with van der Waals surface area (Å²) in [6.45, 7) is 10.7. The Morgan fingerprint density at radius 1 is 1.02 bits per heavy atom. The van der Waals surface area contributed by atoms with Crippen LogP contribution in [0.15, 0.2) is 30.9 Å². The molecule has 0 aromatic carbocycles. The molecule has 220 valence electrons. The second kappa shape index (κ2) is 10.5. The van der Waals surface area contributed by atoms with Crippen LogP contribution in [0.3, 0.4) is 0 Å². The van der Waals surface area contributed by atoms with Gasteiger partial charge in [-0.25, -0.2) is 24.1 Å². The fraction of sp³-hybridized carbons (Fsp3) is 0.467. The van der Waals surface area contributed by atoms with Gasteiger partial charge in [0.05, 0.1) is 16.9 Å². The second-order valence-corrected chi connectivity index (χ2v) is 12.1. The van der Waals surface area contributed by atoms with Gasteiger partial charge in [0, 0.05) is 61.7 Å². The number of carbonyl (C=O) groups is 2. The summed E-state index contributed by atoms with van der Waals surface area (Å²) in [7, 11) is 0. The summed E-state index contributed by atoms with van der Waals surface area (Å²) in [5.41, 5.74) is 2.62. The van der Waals surface area contributed by atoms with Crippen LogP contribution in [-0.2, 0) is 4.74 Å². The smallest absolute Gasteiger partial charge is 0.410 e. The highest BCUT2D eigenvalue weighted by atomic mass is 19.1. The van der Waals surface area contributed by atoms with Gasteiger partial charge in [-0.15, -0.1) is 0 Å². The van der Waals surface area contributed by atoms with Crippen molar-refractivity contribution in [3.05, 3.63) is 53.6 Å². The lowest BCUT2D eigenvalue weighted by molar-refractivity contribution is 0.0113. The van der Waals surface area contributed by atoms with Gasteiger partial charge in [-0.1, -0.05) is 0 Å². The Morgan fingerprint density at radius 3 is 2.36 bits per heavy atom. The van der Waals surface area contributed by atoms with Crippen molar-refractivity contribution in [1.29, 1.82) is 0 Å². The monoisotopic (exact) mass is 574 g/mol. The number of nitrogens with one attached hydrogen (secondary N) is 1. The normalized spacial score (nSPS) is 16.2. The number of anilines is 2. The van der Waals surface area contributed by atoms with Gasteiger partial charge in [0.25, 0.3) is 5.91 Å². The number of hydrogen-bond acceptors (Lipinski definition) is 8. The second-order valence-electron chi connectivity index (χ2n) is 12.1. The van der Waals surface area contributed by atoms with Crippen LogP contribution in [0.25, 0.3) is 16.7 Å². The van der Waals surface area contributed by atoms with Gasteiger partial charge < -0.3 is 19.9 Å². The van der Waals surface area contributed by atoms with Crippen molar-refractivity contribution in [3.8, 4) is 0 Å². The first-order chi connectivity index (χ1) is 20.0. The molecule has 11 nitrogen and oxygen atoms in total. The number of imidazole rings is 1. The van der Waals surface area contributed by atoms with E-state index in [0.29, 0.717) is 41.3 Å². The summed E-state index contributed by atoms with van der Waals surface area (Å²) >= 11 is 0. The lowest BCUT2D eigenvalue weighted by atomic mass is 10.0. The summed E-state index contributed by atoms with van der Waals surface area (Å²) in [4.78, 5) is 48.3. The van der Waals surface area contributed by atoms with E-state index in [9.17, 15) is 14.0 Å². The quantitative estimate of drug-likeness (QED) is 0.352. The van der Waals surface area contributed by atoms with Gasteiger partial charge >= 0.3 is 6.09 Å². The number of piperidine rings is 1. The molecule has 2 aliphatic rings. The third kappa shape index (κ3) is 5.33. The summed E-state index contributed by atoms with van der Waals surface area (Å²) in [6, 6.07) is 1.59. The minimum absolute atomic E-state index is 0.0895. The molecule has 0 radical (unpaired) electrons. The predicted molar refractivity (Wildman–Crippen MR) is 156 cm³/mol. The molecule has 1 N–H and O–H groups in total. The molecule has 42 heavy (non-hydrogen) atoms. The summed E-state index contributed by atoms with van der Waals surface area (Å²) in [5.74, 6) is -0.360. The molecule has 1 saturated carbocycles. The number of ether oxygens (including phenoxy) is 1. The number of aryl methyl sites for hydroxylation is 2. The zero-order valence-corrected chi connectivity index (χ0v) is 24.5. The van der Waals surface area contributed by atoms with Gasteiger partial charge in [-0.3, -0.25) is 14.2 Å². The zero-order valence-electron chi connectivity index (χ0n) is 24.5. The number of nitrogens with zero attached hydrogens (tertiary/aromatic N) is 7. The van der Waals surface area contributed by atoms with Crippen molar-refractivity contribution in [2.45, 2.75) is 78.0 Å². The van der Waals surface area contributed by atoms with Gasteiger partial charge in [-0.05, 0) is 60.3 Å². The summed E-state index contributed by atoms with van der Waals surface area (Å²) in [5, 5.41) is 2.78. The van der Waals surface area contributed by atoms with Crippen LogP contribution in [0.2, 0.25) is 0 Å². The molecule has 12 heteroatoms. The van der Waals surface area contributed by atoms with E-state index in [2.05, 4.69) is 30.2 Å². The fourth-order valence-corrected chi connectivity index (χ4v) is 5.56. The van der Waals surface area contributed by atoms with Gasteiger partial charge in [0.15, 0.2) is 17.3 Å². The van der Waals surface area contributed by atoms with E-state index in [0.717, 1.165) is 31.4 Å². The number of aromatic nitrogens is 5. The summed E-state index contributed by atoms with van der Waals surface area (Å²) in [6.07, 6.45) is 9.55.